The molecule has 0 aliphatic carbocycles. The van der Waals surface area contributed by atoms with Crippen molar-refractivity contribution in [2.24, 2.45) is 0 Å². The van der Waals surface area contributed by atoms with E-state index in [1.54, 1.807) is 6.08 Å². The third kappa shape index (κ3) is 50.7. The lowest BCUT2D eigenvalue weighted by Gasteiger charge is -2.46. The average Bonchev–Trinajstić information content (AvgIpc) is 0.799. The molecule has 0 aromatic heterocycles. The summed E-state index contributed by atoms with van der Waals surface area (Å²) in [6.45, 7) is 2.70. The van der Waals surface area contributed by atoms with E-state index in [4.69, 9.17) is 18.9 Å². The number of carbonyl (C=O) groups is 1. The maximum absolute atomic E-state index is 13.4. The van der Waals surface area contributed by atoms with Crippen molar-refractivity contribution < 1.29 is 64.6 Å². The van der Waals surface area contributed by atoms with Crippen LogP contribution >= 0.6 is 0 Å². The van der Waals surface area contributed by atoms with E-state index >= 15 is 0 Å². The summed E-state index contributed by atoms with van der Waals surface area (Å²) >= 11 is 0. The first-order chi connectivity index (χ1) is 48.6. The minimum absolute atomic E-state index is 0.247. The molecule has 0 saturated carbocycles. The number of aliphatic hydroxyl groups is 8. The van der Waals surface area contributed by atoms with Crippen molar-refractivity contribution in [2.45, 2.75) is 402 Å². The number of rotatable bonds is 67. The van der Waals surface area contributed by atoms with Crippen molar-refractivity contribution in [3.05, 3.63) is 109 Å². The number of hydrogen-bond acceptors (Lipinski definition) is 13. The highest BCUT2D eigenvalue weighted by atomic mass is 16.7. The normalized spacial score (nSPS) is 22.5. The Hall–Kier alpha value is -3.35. The van der Waals surface area contributed by atoms with Crippen LogP contribution in [-0.2, 0) is 23.7 Å². The zero-order chi connectivity index (χ0) is 71.5. The lowest BCUT2D eigenvalue weighted by molar-refractivity contribution is -0.359. The first-order valence-corrected chi connectivity index (χ1v) is 40.6. The SMILES string of the molecule is CC/C=C\C/C=C\C/C=C\C/C=C\C/C=C\C/C=C\C/C=C\CCCCCCCCCCCCCCCCCCCCCC(=O)NC(COC1OC(CO)C(OC2OC(CO)C(O)C(O)C2O)C(O)C1O)C(O)/C=C/CC/C=C/CCCCCCCCCCCCCCCCCCCC. The molecule has 1 amide bonds. The Labute approximate surface area is 604 Å². The fraction of sp³-hybridized carbons (Fsp3) is 0.776. The van der Waals surface area contributed by atoms with Gasteiger partial charge in [-0.25, -0.2) is 0 Å². The van der Waals surface area contributed by atoms with Crippen molar-refractivity contribution in [3.63, 3.8) is 0 Å². The second-order valence-electron chi connectivity index (χ2n) is 28.2. The Bertz CT molecular complexity index is 2080. The van der Waals surface area contributed by atoms with Crippen LogP contribution in [0.25, 0.3) is 0 Å². The van der Waals surface area contributed by atoms with Gasteiger partial charge in [-0.05, 0) is 89.9 Å². The van der Waals surface area contributed by atoms with Gasteiger partial charge in [0.05, 0.1) is 32.0 Å². The third-order valence-electron chi connectivity index (χ3n) is 19.2. The Morgan fingerprint density at radius 1 is 0.374 bits per heavy atom. The molecule has 12 unspecified atom stereocenters. The van der Waals surface area contributed by atoms with Gasteiger partial charge in [0.25, 0.3) is 0 Å². The molecular formula is C85H149NO13. The van der Waals surface area contributed by atoms with Crippen molar-refractivity contribution in [1.82, 2.24) is 5.32 Å². The summed E-state index contributed by atoms with van der Waals surface area (Å²) in [5.74, 6) is -0.247. The van der Waals surface area contributed by atoms with Crippen LogP contribution < -0.4 is 5.32 Å². The number of aliphatic hydroxyl groups excluding tert-OH is 8. The third-order valence-corrected chi connectivity index (χ3v) is 19.2. The molecule has 572 valence electrons. The Morgan fingerprint density at radius 3 is 1.11 bits per heavy atom. The fourth-order valence-electron chi connectivity index (χ4n) is 12.8. The van der Waals surface area contributed by atoms with E-state index in [9.17, 15) is 45.6 Å². The standard InChI is InChI=1S/C85H149NO13/c1-3-5-7-9-11-13-15-17-19-21-23-25-27-29-30-31-32-33-34-35-36-37-38-39-40-41-42-43-44-45-47-49-51-53-55-57-59-61-63-65-67-69-77(90)86-73(72-96-84-82(95)80(93)83(76(71-88)98-84)99-85-81(94)79(92)78(91)75(70-87)97-85)74(89)68-66-64-62-60-58-56-54-52-50-48-46-28-26-24-22-20-18-16-14-12-10-8-6-4-2/h5,7,11,13,17,19,23,25,29-30,32-33,35-36,58,60,66,68,73-76,78-85,87-89,91-95H,3-4,6,8-10,12,14-16,18,20-22,24,26-28,31,34,37-57,59,61-65,67,69-72H2,1-2H3,(H,86,90)/b7-5-,13-11-,19-17-,25-23-,30-29-,33-32-,36-35-,60-58+,68-66+. The molecule has 0 aromatic carbocycles. The summed E-state index contributed by atoms with van der Waals surface area (Å²) in [5.41, 5.74) is 0. The van der Waals surface area contributed by atoms with Crippen molar-refractivity contribution in [1.29, 1.82) is 0 Å². The Balaban J connectivity index is 1.59. The van der Waals surface area contributed by atoms with Gasteiger partial charge in [0.2, 0.25) is 5.91 Å². The lowest BCUT2D eigenvalue weighted by atomic mass is 9.97. The maximum Gasteiger partial charge on any atom is 0.220 e. The molecule has 2 aliphatic heterocycles. The fourth-order valence-corrected chi connectivity index (χ4v) is 12.8. The van der Waals surface area contributed by atoms with E-state index in [0.29, 0.717) is 12.8 Å². The maximum atomic E-state index is 13.4. The summed E-state index contributed by atoms with van der Waals surface area (Å²) in [6, 6.07) is -0.937. The predicted octanol–water partition coefficient (Wildman–Crippen LogP) is 18.6. The van der Waals surface area contributed by atoms with Crippen molar-refractivity contribution in [2.75, 3.05) is 19.8 Å². The summed E-state index contributed by atoms with van der Waals surface area (Å²) in [6.07, 6.45) is 81.7. The van der Waals surface area contributed by atoms with Crippen molar-refractivity contribution in [3.8, 4) is 0 Å². The topological polar surface area (TPSA) is 228 Å². The highest BCUT2D eigenvalue weighted by Gasteiger charge is 2.51. The molecule has 2 heterocycles. The van der Waals surface area contributed by atoms with Crippen LogP contribution in [0.5, 0.6) is 0 Å². The minimum Gasteiger partial charge on any atom is -0.394 e. The molecule has 2 aliphatic rings. The van der Waals surface area contributed by atoms with Gasteiger partial charge in [0, 0.05) is 6.42 Å². The smallest absolute Gasteiger partial charge is 0.220 e. The van der Waals surface area contributed by atoms with Gasteiger partial charge in [-0.15, -0.1) is 0 Å². The molecule has 14 nitrogen and oxygen atoms in total. The molecule has 0 aromatic rings. The van der Waals surface area contributed by atoms with E-state index in [0.717, 1.165) is 77.0 Å². The first-order valence-electron chi connectivity index (χ1n) is 40.6. The van der Waals surface area contributed by atoms with E-state index in [-0.39, 0.29) is 18.9 Å². The van der Waals surface area contributed by atoms with E-state index in [2.05, 4.69) is 116 Å². The van der Waals surface area contributed by atoms with Crippen LogP contribution in [-0.4, -0.2) is 140 Å². The second-order valence-corrected chi connectivity index (χ2v) is 28.2. The summed E-state index contributed by atoms with van der Waals surface area (Å²) in [5, 5.41) is 87.6. The highest BCUT2D eigenvalue weighted by Crippen LogP contribution is 2.30. The number of ether oxygens (including phenoxy) is 4. The molecule has 0 bridgehead atoms. The van der Waals surface area contributed by atoms with Crippen molar-refractivity contribution >= 4 is 5.91 Å². The molecule has 0 spiro atoms. The zero-order valence-electron chi connectivity index (χ0n) is 62.7. The molecule has 12 atom stereocenters. The summed E-state index contributed by atoms with van der Waals surface area (Å²) < 4.78 is 22.9. The van der Waals surface area contributed by atoms with Crippen LogP contribution in [0.2, 0.25) is 0 Å². The van der Waals surface area contributed by atoms with Gasteiger partial charge >= 0.3 is 0 Å². The Kier molecular flexibility index (Phi) is 62.8. The van der Waals surface area contributed by atoms with Crippen LogP contribution in [0.1, 0.15) is 328 Å². The second kappa shape index (κ2) is 67.8. The van der Waals surface area contributed by atoms with E-state index in [1.165, 1.54) is 218 Å². The molecule has 14 heteroatoms. The predicted molar refractivity (Wildman–Crippen MR) is 410 cm³/mol. The van der Waals surface area contributed by atoms with Crippen LogP contribution in [0.4, 0.5) is 0 Å². The van der Waals surface area contributed by atoms with Gasteiger partial charge in [0.1, 0.15) is 48.8 Å². The number of nitrogens with one attached hydrogen (secondary N) is 1. The minimum atomic E-state index is -1.79. The van der Waals surface area contributed by atoms with Crippen LogP contribution in [0, 0.1) is 0 Å². The number of unbranched alkanes of at least 4 members (excludes halogenated alkanes) is 38. The largest absolute Gasteiger partial charge is 0.394 e. The molecular weight excluding hydrogens is 1240 g/mol. The molecule has 9 N–H and O–H groups in total. The van der Waals surface area contributed by atoms with Crippen LogP contribution in [0.3, 0.4) is 0 Å². The molecule has 99 heavy (non-hydrogen) atoms. The Morgan fingerprint density at radius 2 is 0.707 bits per heavy atom. The average molecular weight is 1390 g/mol. The van der Waals surface area contributed by atoms with Gasteiger partial charge in [-0.2, -0.15) is 0 Å². The monoisotopic (exact) mass is 1390 g/mol. The van der Waals surface area contributed by atoms with Crippen LogP contribution in [0.15, 0.2) is 109 Å². The molecule has 2 fully saturated rings. The lowest BCUT2D eigenvalue weighted by Crippen LogP contribution is -2.65. The molecule has 2 saturated heterocycles. The zero-order valence-corrected chi connectivity index (χ0v) is 62.7. The van der Waals surface area contributed by atoms with Gasteiger partial charge in [-0.3, -0.25) is 4.79 Å². The molecule has 0 radical (unpaired) electrons. The first kappa shape index (κ1) is 91.7. The van der Waals surface area contributed by atoms with E-state index in [1.807, 2.05) is 6.08 Å². The number of allylic oxidation sites excluding steroid dienone is 17. The summed E-state index contributed by atoms with van der Waals surface area (Å²) in [7, 11) is 0. The number of amides is 1. The molecule has 2 rings (SSSR count). The number of carbonyl (C=O) groups excluding carboxylic acids is 1. The summed E-state index contributed by atoms with van der Waals surface area (Å²) in [4.78, 5) is 13.4. The number of hydrogen-bond donors (Lipinski definition) is 9. The highest BCUT2D eigenvalue weighted by molar-refractivity contribution is 5.76. The van der Waals surface area contributed by atoms with Gasteiger partial charge in [0.15, 0.2) is 12.6 Å². The van der Waals surface area contributed by atoms with Gasteiger partial charge in [-0.1, -0.05) is 342 Å². The van der Waals surface area contributed by atoms with Gasteiger partial charge < -0.3 is 65.1 Å². The van der Waals surface area contributed by atoms with E-state index < -0.39 is 86.8 Å². The quantitative estimate of drug-likeness (QED) is 0.0204.